The molecule has 0 radical (unpaired) electrons. The van der Waals surface area contributed by atoms with E-state index in [4.69, 9.17) is 5.26 Å². The van der Waals surface area contributed by atoms with Crippen molar-refractivity contribution in [3.05, 3.63) is 42.0 Å². The summed E-state index contributed by atoms with van der Waals surface area (Å²) in [6, 6.07) is 8.25. The fourth-order valence-corrected chi connectivity index (χ4v) is 3.24. The van der Waals surface area contributed by atoms with Crippen LogP contribution in [-0.2, 0) is 19.5 Å². The molecule has 0 aliphatic heterocycles. The number of anilines is 1. The number of azo groups is 2. The van der Waals surface area contributed by atoms with Gasteiger partial charge in [-0.15, -0.1) is 4.33 Å². The van der Waals surface area contributed by atoms with Crippen molar-refractivity contribution in [3.63, 3.8) is 0 Å². The summed E-state index contributed by atoms with van der Waals surface area (Å²) in [7, 11) is -1.88. The normalized spacial score (nSPS) is 12.0. The zero-order chi connectivity index (χ0) is 21.4. The third-order valence-corrected chi connectivity index (χ3v) is 4.82. The first-order valence-corrected chi connectivity index (χ1v) is 9.79. The monoisotopic (exact) mass is 441 g/mol. The van der Waals surface area contributed by atoms with E-state index in [9.17, 15) is 17.8 Å². The van der Waals surface area contributed by atoms with Crippen LogP contribution < -0.4 is 5.32 Å². The molecule has 3 N–H and O–H groups in total. The van der Waals surface area contributed by atoms with Gasteiger partial charge in [-0.1, -0.05) is 5.04 Å². The fraction of sp³-hybridized carbons (Fsp3) is 0.133. The van der Waals surface area contributed by atoms with Gasteiger partial charge in [0, 0.05) is 19.7 Å². The summed E-state index contributed by atoms with van der Waals surface area (Å²) in [5.41, 5.74) is 0.501. The average Bonchev–Trinajstić information content (AvgIpc) is 2.67. The predicted molar refractivity (Wildman–Crippen MR) is 102 cm³/mol. The van der Waals surface area contributed by atoms with Crippen molar-refractivity contribution in [2.75, 3.05) is 19.4 Å². The number of carbonyl (C=O) groups excluding carboxylic acids is 1. The Balaban J connectivity index is 2.46. The summed E-state index contributed by atoms with van der Waals surface area (Å²) in [5.74, 6) is -0.595. The maximum atomic E-state index is 12.5. The Morgan fingerprint density at radius 3 is 2.31 bits per heavy atom. The molecule has 0 aromatic heterocycles. The summed E-state index contributed by atoms with van der Waals surface area (Å²) >= 11 is 0.460. The van der Waals surface area contributed by atoms with Gasteiger partial charge in [0.2, 0.25) is 0 Å². The van der Waals surface area contributed by atoms with Crippen molar-refractivity contribution in [1.29, 1.82) is 0 Å². The van der Waals surface area contributed by atoms with Crippen LogP contribution in [0.4, 0.5) is 17.1 Å². The number of carbonyl (C=O) groups is 1. The van der Waals surface area contributed by atoms with E-state index in [-0.39, 0.29) is 21.8 Å². The van der Waals surface area contributed by atoms with Crippen molar-refractivity contribution in [3.8, 4) is 0 Å². The summed E-state index contributed by atoms with van der Waals surface area (Å²) in [6.45, 7) is 0. The maximum absolute atomic E-state index is 12.5. The maximum Gasteiger partial charge on any atom is 0.296 e. The van der Waals surface area contributed by atoms with Gasteiger partial charge in [-0.05, 0) is 36.4 Å². The van der Waals surface area contributed by atoms with Crippen molar-refractivity contribution in [2.45, 2.75) is 9.79 Å². The standard InChI is InChI=1S/C15H15N5O7S2/c1-16-19-10-5-3-9(4-6-10)15(21)18-11-8-14(29(23,24)25)12(20-17-2)7-13(11)28-27-26-22/h3-8,22H,1-2H3,(H,18,21)(H,23,24,25). The minimum Gasteiger partial charge on any atom is -0.321 e. The molecule has 12 nitrogen and oxygen atoms in total. The van der Waals surface area contributed by atoms with Crippen LogP contribution in [-0.4, -0.2) is 38.2 Å². The average molecular weight is 441 g/mol. The van der Waals surface area contributed by atoms with Gasteiger partial charge in [-0.2, -0.15) is 28.9 Å². The molecule has 0 bridgehead atoms. The molecule has 2 aromatic rings. The lowest BCUT2D eigenvalue weighted by Crippen LogP contribution is -2.13. The molecular formula is C15H15N5O7S2. The Kier molecular flexibility index (Phi) is 7.89. The molecule has 0 saturated carbocycles. The summed E-state index contributed by atoms with van der Waals surface area (Å²) < 4.78 is 37.2. The molecule has 29 heavy (non-hydrogen) atoms. The van der Waals surface area contributed by atoms with Crippen LogP contribution in [0, 0.1) is 0 Å². The van der Waals surface area contributed by atoms with Crippen LogP contribution in [0.5, 0.6) is 0 Å². The van der Waals surface area contributed by atoms with Gasteiger partial charge in [0.25, 0.3) is 16.0 Å². The minimum atomic E-state index is -4.69. The van der Waals surface area contributed by atoms with Crippen molar-refractivity contribution < 1.29 is 32.4 Å². The Morgan fingerprint density at radius 2 is 1.76 bits per heavy atom. The molecule has 0 unspecified atom stereocenters. The first kappa shape index (κ1) is 22.5. The number of hydrogen-bond acceptors (Lipinski definition) is 11. The molecular weight excluding hydrogens is 426 g/mol. The van der Waals surface area contributed by atoms with Gasteiger partial charge in [-0.25, -0.2) is 5.26 Å². The minimum absolute atomic E-state index is 0.0583. The van der Waals surface area contributed by atoms with Crippen molar-refractivity contribution in [2.24, 2.45) is 20.5 Å². The van der Waals surface area contributed by atoms with Gasteiger partial charge in [0.15, 0.2) is 0 Å². The molecule has 0 aliphatic rings. The van der Waals surface area contributed by atoms with E-state index in [1.807, 2.05) is 0 Å². The first-order chi connectivity index (χ1) is 13.8. The van der Waals surface area contributed by atoms with E-state index < -0.39 is 20.9 Å². The van der Waals surface area contributed by atoms with E-state index in [0.717, 1.165) is 6.07 Å². The molecule has 0 heterocycles. The van der Waals surface area contributed by atoms with E-state index in [0.29, 0.717) is 17.7 Å². The summed E-state index contributed by atoms with van der Waals surface area (Å²) in [5, 5.41) is 29.0. The van der Waals surface area contributed by atoms with E-state index in [2.05, 4.69) is 35.1 Å². The number of hydrogen-bond donors (Lipinski definition) is 3. The van der Waals surface area contributed by atoms with Crippen LogP contribution >= 0.6 is 12.0 Å². The van der Waals surface area contributed by atoms with E-state index in [1.54, 1.807) is 12.1 Å². The third-order valence-electron chi connectivity index (χ3n) is 3.29. The van der Waals surface area contributed by atoms with Gasteiger partial charge >= 0.3 is 0 Å². The highest BCUT2D eigenvalue weighted by Crippen LogP contribution is 2.37. The first-order valence-electron chi connectivity index (χ1n) is 7.61. The molecule has 0 spiro atoms. The van der Waals surface area contributed by atoms with Gasteiger partial charge in [0.1, 0.15) is 10.6 Å². The molecule has 0 fully saturated rings. The van der Waals surface area contributed by atoms with Crippen LogP contribution in [0.3, 0.4) is 0 Å². The number of nitrogens with zero attached hydrogens (tertiary/aromatic N) is 4. The van der Waals surface area contributed by atoms with Crippen LogP contribution in [0.1, 0.15) is 10.4 Å². The van der Waals surface area contributed by atoms with Gasteiger partial charge in [-0.3, -0.25) is 9.35 Å². The number of nitrogens with one attached hydrogen (secondary N) is 1. The Hall–Kier alpha value is -2.75. The largest absolute Gasteiger partial charge is 0.321 e. The van der Waals surface area contributed by atoms with Crippen LogP contribution in [0.15, 0.2) is 66.6 Å². The predicted octanol–water partition coefficient (Wildman–Crippen LogP) is 4.04. The number of rotatable bonds is 8. The second-order valence-electron chi connectivity index (χ2n) is 5.12. The zero-order valence-electron chi connectivity index (χ0n) is 15.0. The van der Waals surface area contributed by atoms with Gasteiger partial charge in [0.05, 0.1) is 28.3 Å². The molecule has 2 rings (SSSR count). The smallest absolute Gasteiger partial charge is 0.296 e. The highest BCUT2D eigenvalue weighted by molar-refractivity contribution is 7.94. The number of benzene rings is 2. The Bertz CT molecular complexity index is 1040. The molecule has 14 heteroatoms. The van der Waals surface area contributed by atoms with E-state index in [1.165, 1.54) is 32.3 Å². The molecule has 0 atom stereocenters. The molecule has 0 saturated heterocycles. The third kappa shape index (κ3) is 6.11. The topological polar surface area (TPSA) is 172 Å². The molecule has 2 aromatic carbocycles. The second kappa shape index (κ2) is 10.1. The fourth-order valence-electron chi connectivity index (χ4n) is 2.15. The van der Waals surface area contributed by atoms with Gasteiger partial charge < -0.3 is 5.32 Å². The SMILES string of the molecule is CN=Nc1ccc(C(=O)Nc2cc(S(=O)(=O)O)c(N=NC)cc2SOOO)cc1. The lowest BCUT2D eigenvalue weighted by atomic mass is 10.2. The summed E-state index contributed by atoms with van der Waals surface area (Å²) in [4.78, 5) is 12.0. The molecule has 1 amide bonds. The highest BCUT2D eigenvalue weighted by atomic mass is 32.2. The number of amides is 1. The highest BCUT2D eigenvalue weighted by Gasteiger charge is 2.21. The molecule has 0 aliphatic carbocycles. The second-order valence-corrected chi connectivity index (χ2v) is 7.25. The quantitative estimate of drug-likeness (QED) is 0.181. The van der Waals surface area contributed by atoms with E-state index >= 15 is 0 Å². The van der Waals surface area contributed by atoms with Crippen LogP contribution in [0.2, 0.25) is 0 Å². The lowest BCUT2D eigenvalue weighted by molar-refractivity contribution is -0.432. The Morgan fingerprint density at radius 1 is 1.10 bits per heavy atom. The lowest BCUT2D eigenvalue weighted by Gasteiger charge is -2.12. The van der Waals surface area contributed by atoms with Crippen molar-refractivity contribution in [1.82, 2.24) is 0 Å². The zero-order valence-corrected chi connectivity index (χ0v) is 16.6. The summed E-state index contributed by atoms with van der Waals surface area (Å²) in [6.07, 6.45) is 0. The molecule has 154 valence electrons. The Labute approximate surface area is 169 Å². The van der Waals surface area contributed by atoms with Crippen LogP contribution in [0.25, 0.3) is 0 Å². The van der Waals surface area contributed by atoms with Crippen molar-refractivity contribution >= 4 is 45.1 Å².